The smallest absolute Gasteiger partial charge is 0.350 e. The molecule has 4 heterocycles. The van der Waals surface area contributed by atoms with Gasteiger partial charge in [-0.3, -0.25) is 9.36 Å². The van der Waals surface area contributed by atoms with E-state index in [9.17, 15) is 9.59 Å². The molecule has 3 aliphatic heterocycles. The Bertz CT molecular complexity index is 1220. The second kappa shape index (κ2) is 13.6. The first kappa shape index (κ1) is 28.5. The van der Waals surface area contributed by atoms with Gasteiger partial charge in [-0.25, -0.2) is 4.79 Å². The minimum atomic E-state index is -0.293. The molecule has 0 aliphatic carbocycles. The first-order valence-corrected chi connectivity index (χ1v) is 14.9. The third-order valence-corrected chi connectivity index (χ3v) is 8.39. The lowest BCUT2D eigenvalue weighted by Gasteiger charge is -2.32. The number of fused-ring (bicyclic) bond motifs is 2. The highest BCUT2D eigenvalue weighted by Crippen LogP contribution is 2.41. The monoisotopic (exact) mass is 552 g/mol. The number of amides is 1. The number of carbonyl (C=O) groups is 1. The zero-order valence-electron chi connectivity index (χ0n) is 23.4. The lowest BCUT2D eigenvalue weighted by molar-refractivity contribution is 0.0942. The van der Waals surface area contributed by atoms with Crippen molar-refractivity contribution < 1.29 is 9.53 Å². The van der Waals surface area contributed by atoms with E-state index in [2.05, 4.69) is 25.4 Å². The van der Waals surface area contributed by atoms with Crippen LogP contribution in [0, 0.1) is 5.92 Å². The SMILES string of the molecule is NCCCN1CCCC(n2cc3c(nc2=O)Nc2cc(C(=O)NCCN4CCCC(CCN)C4)ccc2O3)CC1. The summed E-state index contributed by atoms with van der Waals surface area (Å²) in [5.41, 5.74) is 12.3. The largest absolute Gasteiger partial charge is 0.450 e. The van der Waals surface area contributed by atoms with Gasteiger partial charge in [-0.1, -0.05) is 0 Å². The average molecular weight is 553 g/mol. The number of nitrogens with zero attached hydrogens (tertiary/aromatic N) is 4. The van der Waals surface area contributed by atoms with Gasteiger partial charge in [0.2, 0.25) is 0 Å². The summed E-state index contributed by atoms with van der Waals surface area (Å²) in [5.74, 6) is 2.02. The van der Waals surface area contributed by atoms with Crippen LogP contribution in [0.5, 0.6) is 11.5 Å². The van der Waals surface area contributed by atoms with Crippen molar-refractivity contribution in [2.24, 2.45) is 17.4 Å². The topological polar surface area (TPSA) is 144 Å². The standard InChI is InChI=1S/C29H44N8O3/c30-10-3-15-35-13-2-5-23(9-16-35)37-20-26-27(34-29(37)39)33-24-18-22(6-7-25(24)40-26)28(38)32-12-17-36-14-1-4-21(19-36)8-11-31/h6-7,18,20-21,23H,1-5,8-17,19,30-31H2,(H,32,38)(H,33,34,39). The third kappa shape index (κ3) is 7.01. The molecule has 40 heavy (non-hydrogen) atoms. The van der Waals surface area contributed by atoms with Crippen LogP contribution in [0.25, 0.3) is 0 Å². The minimum Gasteiger partial charge on any atom is -0.450 e. The van der Waals surface area contributed by atoms with Crippen LogP contribution in [0.2, 0.25) is 0 Å². The highest BCUT2D eigenvalue weighted by atomic mass is 16.5. The predicted molar refractivity (Wildman–Crippen MR) is 156 cm³/mol. The number of carbonyl (C=O) groups excluding carboxylic acids is 1. The minimum absolute atomic E-state index is 0.0840. The van der Waals surface area contributed by atoms with Crippen LogP contribution in [0.4, 0.5) is 11.5 Å². The molecular weight excluding hydrogens is 508 g/mol. The fraction of sp³-hybridized carbons (Fsp3) is 0.621. The van der Waals surface area contributed by atoms with Crippen molar-refractivity contribution in [2.75, 3.05) is 64.2 Å². The molecule has 0 bridgehead atoms. The second-order valence-electron chi connectivity index (χ2n) is 11.3. The van der Waals surface area contributed by atoms with Crippen LogP contribution in [0.3, 0.4) is 0 Å². The number of nitrogens with one attached hydrogen (secondary N) is 2. The molecule has 2 atom stereocenters. The van der Waals surface area contributed by atoms with Crippen LogP contribution in [0.1, 0.15) is 61.3 Å². The zero-order chi connectivity index (χ0) is 27.9. The maximum Gasteiger partial charge on any atom is 0.350 e. The maximum absolute atomic E-state index is 13.0. The van der Waals surface area contributed by atoms with E-state index >= 15 is 0 Å². The van der Waals surface area contributed by atoms with Crippen LogP contribution >= 0.6 is 0 Å². The number of likely N-dealkylation sites (tertiary alicyclic amines) is 2. The van der Waals surface area contributed by atoms with Gasteiger partial charge in [0.25, 0.3) is 5.91 Å². The molecule has 11 heteroatoms. The number of anilines is 2. The van der Waals surface area contributed by atoms with E-state index in [0.717, 1.165) is 77.9 Å². The molecular formula is C29H44N8O3. The number of benzene rings is 1. The van der Waals surface area contributed by atoms with Crippen molar-refractivity contribution in [3.63, 3.8) is 0 Å². The average Bonchev–Trinajstić information content (AvgIpc) is 3.20. The lowest BCUT2D eigenvalue weighted by atomic mass is 9.95. The Balaban J connectivity index is 1.18. The third-order valence-electron chi connectivity index (χ3n) is 8.39. The van der Waals surface area contributed by atoms with Crippen LogP contribution in [0.15, 0.2) is 29.2 Å². The molecule has 2 unspecified atom stereocenters. The number of piperidine rings is 1. The Morgan fingerprint density at radius 3 is 2.75 bits per heavy atom. The summed E-state index contributed by atoms with van der Waals surface area (Å²) in [4.78, 5) is 35.0. The molecule has 3 aliphatic rings. The van der Waals surface area contributed by atoms with Gasteiger partial charge in [0.15, 0.2) is 17.3 Å². The first-order valence-electron chi connectivity index (χ1n) is 14.9. The number of ether oxygens (including phenoxy) is 1. The van der Waals surface area contributed by atoms with Gasteiger partial charge in [0.05, 0.1) is 11.9 Å². The van der Waals surface area contributed by atoms with Gasteiger partial charge in [0, 0.05) is 37.8 Å². The Hall–Kier alpha value is -2.99. The second-order valence-corrected chi connectivity index (χ2v) is 11.3. The number of rotatable bonds is 10. The molecule has 0 spiro atoms. The Morgan fingerprint density at radius 1 is 1.05 bits per heavy atom. The van der Waals surface area contributed by atoms with Crippen molar-refractivity contribution >= 4 is 17.4 Å². The van der Waals surface area contributed by atoms with Crippen molar-refractivity contribution in [3.8, 4) is 11.5 Å². The lowest BCUT2D eigenvalue weighted by Crippen LogP contribution is -2.41. The number of hydrogen-bond acceptors (Lipinski definition) is 9. The van der Waals surface area contributed by atoms with Crippen molar-refractivity contribution in [2.45, 2.75) is 51.0 Å². The van der Waals surface area contributed by atoms with E-state index in [0.29, 0.717) is 47.6 Å². The molecule has 2 saturated heterocycles. The van der Waals surface area contributed by atoms with Gasteiger partial charge in [-0.15, -0.1) is 0 Å². The maximum atomic E-state index is 13.0. The van der Waals surface area contributed by atoms with Gasteiger partial charge in [-0.2, -0.15) is 4.98 Å². The van der Waals surface area contributed by atoms with Gasteiger partial charge in [0.1, 0.15) is 0 Å². The summed E-state index contributed by atoms with van der Waals surface area (Å²) in [6.07, 6.45) is 9.09. The van der Waals surface area contributed by atoms with E-state index in [1.807, 2.05) is 0 Å². The quantitative estimate of drug-likeness (QED) is 0.298. The van der Waals surface area contributed by atoms with Crippen LogP contribution in [-0.4, -0.2) is 84.2 Å². The van der Waals surface area contributed by atoms with E-state index in [1.165, 1.54) is 12.8 Å². The number of aromatic nitrogens is 2. The molecule has 6 N–H and O–H groups in total. The predicted octanol–water partition coefficient (Wildman–Crippen LogP) is 2.26. The molecule has 11 nitrogen and oxygen atoms in total. The van der Waals surface area contributed by atoms with Crippen molar-refractivity contribution in [3.05, 3.63) is 40.4 Å². The molecule has 2 fully saturated rings. The summed E-state index contributed by atoms with van der Waals surface area (Å²) in [7, 11) is 0. The Kier molecular flexibility index (Phi) is 9.69. The van der Waals surface area contributed by atoms with Gasteiger partial charge in [-0.05, 0) is 102 Å². The number of hydrogen-bond donors (Lipinski definition) is 4. The van der Waals surface area contributed by atoms with E-state index in [-0.39, 0.29) is 17.6 Å². The zero-order valence-corrected chi connectivity index (χ0v) is 23.4. The molecule has 5 rings (SSSR count). The highest BCUT2D eigenvalue weighted by Gasteiger charge is 2.25. The van der Waals surface area contributed by atoms with Gasteiger partial charge >= 0.3 is 5.69 Å². The molecule has 1 amide bonds. The normalized spacial score (nSPS) is 21.4. The van der Waals surface area contributed by atoms with E-state index < -0.39 is 0 Å². The summed E-state index contributed by atoms with van der Waals surface area (Å²) < 4.78 is 7.86. The molecule has 1 aromatic heterocycles. The first-order chi connectivity index (χ1) is 19.5. The summed E-state index contributed by atoms with van der Waals surface area (Å²) in [6, 6.07) is 5.39. The van der Waals surface area contributed by atoms with Crippen molar-refractivity contribution in [1.29, 1.82) is 0 Å². The fourth-order valence-electron chi connectivity index (χ4n) is 6.19. The Labute approximate surface area is 236 Å². The molecule has 1 aromatic carbocycles. The molecule has 2 aromatic rings. The van der Waals surface area contributed by atoms with Gasteiger partial charge < -0.3 is 36.6 Å². The van der Waals surface area contributed by atoms with Crippen molar-refractivity contribution in [1.82, 2.24) is 24.7 Å². The Morgan fingerprint density at radius 2 is 1.90 bits per heavy atom. The summed E-state index contributed by atoms with van der Waals surface area (Å²) in [6.45, 7) is 7.93. The number of nitrogens with two attached hydrogens (primary N) is 2. The molecule has 0 radical (unpaired) electrons. The fourth-order valence-corrected chi connectivity index (χ4v) is 6.19. The van der Waals surface area contributed by atoms with E-state index in [4.69, 9.17) is 16.2 Å². The van der Waals surface area contributed by atoms with Crippen LogP contribution in [-0.2, 0) is 0 Å². The van der Waals surface area contributed by atoms with Crippen LogP contribution < -0.4 is 32.5 Å². The molecule has 218 valence electrons. The summed E-state index contributed by atoms with van der Waals surface area (Å²) in [5, 5.41) is 6.24. The van der Waals surface area contributed by atoms with E-state index in [1.54, 1.807) is 29.0 Å². The highest BCUT2D eigenvalue weighted by molar-refractivity contribution is 5.96. The molecule has 0 saturated carbocycles. The summed E-state index contributed by atoms with van der Waals surface area (Å²) >= 11 is 0.